The Morgan fingerprint density at radius 2 is 1.65 bits per heavy atom. The molecule has 0 bridgehead atoms. The zero-order valence-electron chi connectivity index (χ0n) is 12.5. The Morgan fingerprint density at radius 1 is 1.00 bits per heavy atom. The quantitative estimate of drug-likeness (QED) is 0.540. The largest absolute Gasteiger partial charge is 1.00 e. The fourth-order valence-corrected chi connectivity index (χ4v) is 2.01. The fraction of sp³-hybridized carbons (Fsp3) is 0.235. The lowest BCUT2D eigenvalue weighted by Gasteiger charge is -2.11. The number of aromatic nitrogens is 1. The van der Waals surface area contributed by atoms with Gasteiger partial charge in [-0.05, 0) is 30.2 Å². The summed E-state index contributed by atoms with van der Waals surface area (Å²) < 4.78 is 2.07. The number of pyridine rings is 1. The molecule has 2 rings (SSSR count). The van der Waals surface area contributed by atoms with Crippen LogP contribution in [-0.2, 0) is 7.05 Å². The van der Waals surface area contributed by atoms with Gasteiger partial charge in [-0.2, -0.15) is 0 Å². The summed E-state index contributed by atoms with van der Waals surface area (Å²) in [7, 11) is 6.15. The predicted octanol–water partition coefficient (Wildman–Crippen LogP) is 0.0599. The van der Waals surface area contributed by atoms with Crippen molar-refractivity contribution in [2.45, 2.75) is 6.92 Å². The van der Waals surface area contributed by atoms with E-state index in [0.29, 0.717) is 0 Å². The highest BCUT2D eigenvalue weighted by Crippen LogP contribution is 2.15. The molecule has 106 valence electrons. The van der Waals surface area contributed by atoms with Crippen molar-refractivity contribution in [1.29, 1.82) is 0 Å². The molecule has 0 amide bonds. The van der Waals surface area contributed by atoms with Crippen molar-refractivity contribution >= 4 is 17.8 Å². The summed E-state index contributed by atoms with van der Waals surface area (Å²) >= 11 is 0. The first-order valence-corrected chi connectivity index (χ1v) is 6.47. The van der Waals surface area contributed by atoms with Crippen LogP contribution >= 0.6 is 0 Å². The molecule has 2 aromatic rings. The third-order valence-electron chi connectivity index (χ3n) is 3.21. The topological polar surface area (TPSA) is 7.12 Å². The third kappa shape index (κ3) is 4.34. The Bertz CT molecular complexity index is 586. The monoisotopic (exact) mass is 380 g/mol. The summed E-state index contributed by atoms with van der Waals surface area (Å²) in [6, 6.07) is 10.7. The van der Waals surface area contributed by atoms with Crippen LogP contribution in [0.4, 0.5) is 5.69 Å². The first-order valence-electron chi connectivity index (χ1n) is 6.47. The summed E-state index contributed by atoms with van der Waals surface area (Å²) in [6.07, 6.45) is 8.53. The normalized spacial score (nSPS) is 10.4. The molecular weight excluding hydrogens is 359 g/mol. The first-order chi connectivity index (χ1) is 9.06. The van der Waals surface area contributed by atoms with Crippen molar-refractivity contribution in [2.24, 2.45) is 7.05 Å². The highest BCUT2D eigenvalue weighted by atomic mass is 127. The second-order valence-electron chi connectivity index (χ2n) is 5.07. The van der Waals surface area contributed by atoms with Crippen LogP contribution in [0.1, 0.15) is 16.7 Å². The average molecular weight is 380 g/mol. The summed E-state index contributed by atoms with van der Waals surface area (Å²) in [5.74, 6) is 0. The van der Waals surface area contributed by atoms with E-state index in [2.05, 4.69) is 85.4 Å². The highest BCUT2D eigenvalue weighted by molar-refractivity contribution is 5.71. The molecule has 0 fully saturated rings. The molecule has 1 heterocycles. The zero-order chi connectivity index (χ0) is 13.8. The number of hydrogen-bond acceptors (Lipinski definition) is 1. The second kappa shape index (κ2) is 7.43. The van der Waals surface area contributed by atoms with Gasteiger partial charge in [0.1, 0.15) is 7.05 Å². The molecule has 1 aromatic heterocycles. The Kier molecular flexibility index (Phi) is 6.20. The maximum atomic E-state index is 2.17. The molecule has 0 aliphatic rings. The first kappa shape index (κ1) is 16.7. The summed E-state index contributed by atoms with van der Waals surface area (Å²) in [4.78, 5) is 2.11. The molecular formula is C17H21IN2. The van der Waals surface area contributed by atoms with Gasteiger partial charge in [-0.25, -0.2) is 4.57 Å². The number of hydrogen-bond donors (Lipinski definition) is 0. The van der Waals surface area contributed by atoms with Gasteiger partial charge in [-0.15, -0.1) is 0 Å². The highest BCUT2D eigenvalue weighted by Gasteiger charge is 1.99. The van der Waals surface area contributed by atoms with Gasteiger partial charge in [-0.3, -0.25) is 0 Å². The van der Waals surface area contributed by atoms with Crippen molar-refractivity contribution in [3.05, 3.63) is 59.4 Å². The van der Waals surface area contributed by atoms with Gasteiger partial charge in [0.05, 0.1) is 0 Å². The van der Waals surface area contributed by atoms with Crippen molar-refractivity contribution in [2.75, 3.05) is 19.0 Å². The van der Waals surface area contributed by atoms with Crippen molar-refractivity contribution < 1.29 is 28.5 Å². The smallest absolute Gasteiger partial charge is 0.172 e. The molecule has 0 saturated heterocycles. The van der Waals surface area contributed by atoms with Gasteiger partial charge in [-0.1, -0.05) is 24.3 Å². The predicted molar refractivity (Wildman–Crippen MR) is 82.1 cm³/mol. The van der Waals surface area contributed by atoms with Crippen molar-refractivity contribution in [1.82, 2.24) is 0 Å². The third-order valence-corrected chi connectivity index (χ3v) is 3.21. The van der Waals surface area contributed by atoms with Gasteiger partial charge >= 0.3 is 0 Å². The van der Waals surface area contributed by atoms with Crippen LogP contribution in [0.25, 0.3) is 12.2 Å². The Labute approximate surface area is 138 Å². The zero-order valence-corrected chi connectivity index (χ0v) is 14.6. The van der Waals surface area contributed by atoms with E-state index in [1.54, 1.807) is 0 Å². The van der Waals surface area contributed by atoms with Crippen LogP contribution in [0.3, 0.4) is 0 Å². The molecule has 0 aliphatic heterocycles. The van der Waals surface area contributed by atoms with E-state index >= 15 is 0 Å². The maximum absolute atomic E-state index is 2.17. The summed E-state index contributed by atoms with van der Waals surface area (Å²) in [5, 5.41) is 0. The van der Waals surface area contributed by atoms with Crippen LogP contribution in [0.2, 0.25) is 0 Å². The number of benzene rings is 1. The molecule has 2 nitrogen and oxygen atoms in total. The van der Waals surface area contributed by atoms with Gasteiger partial charge in [0.15, 0.2) is 12.4 Å². The lowest BCUT2D eigenvalue weighted by molar-refractivity contribution is -0.671. The standard InChI is InChI=1S/C17H21N2.HI/c1-14-13-19(4)12-11-16(14)8-5-15-6-9-17(10-7-15)18(2)3;/h5-13H,1-4H3;1H/q+1;/p-1. The Balaban J connectivity index is 0.00000200. The Morgan fingerprint density at radius 3 is 2.20 bits per heavy atom. The minimum Gasteiger partial charge on any atom is -1.00 e. The van der Waals surface area contributed by atoms with E-state index in [-0.39, 0.29) is 24.0 Å². The van der Waals surface area contributed by atoms with Crippen molar-refractivity contribution in [3.63, 3.8) is 0 Å². The van der Waals surface area contributed by atoms with Crippen molar-refractivity contribution in [3.8, 4) is 0 Å². The molecule has 1 aromatic carbocycles. The number of halogens is 1. The number of rotatable bonds is 3. The Hall–Kier alpha value is -1.36. The van der Waals surface area contributed by atoms with Gasteiger partial charge in [0.25, 0.3) is 0 Å². The second-order valence-corrected chi connectivity index (χ2v) is 5.07. The van der Waals surface area contributed by atoms with Crippen LogP contribution in [0.15, 0.2) is 42.7 Å². The van der Waals surface area contributed by atoms with E-state index in [0.717, 1.165) is 0 Å². The molecule has 3 heteroatoms. The van der Waals surface area contributed by atoms with Crippen LogP contribution in [0, 0.1) is 6.92 Å². The molecule has 0 N–H and O–H groups in total. The molecule has 20 heavy (non-hydrogen) atoms. The number of nitrogens with zero attached hydrogens (tertiary/aromatic N) is 2. The minimum absolute atomic E-state index is 0. The van der Waals surface area contributed by atoms with E-state index in [1.807, 2.05) is 7.05 Å². The van der Waals surface area contributed by atoms with E-state index in [1.165, 1.54) is 22.4 Å². The summed E-state index contributed by atoms with van der Waals surface area (Å²) in [6.45, 7) is 2.13. The van der Waals surface area contributed by atoms with E-state index < -0.39 is 0 Å². The molecule has 0 unspecified atom stereocenters. The SMILES string of the molecule is Cc1c[n+](C)ccc1/C=C/c1ccc(N(C)C)cc1.[I-]. The maximum Gasteiger partial charge on any atom is 0.172 e. The van der Waals surface area contributed by atoms with Crippen LogP contribution in [-0.4, -0.2) is 14.1 Å². The van der Waals surface area contributed by atoms with Gasteiger partial charge in [0.2, 0.25) is 0 Å². The fourth-order valence-electron chi connectivity index (χ4n) is 2.01. The molecule has 0 aliphatic carbocycles. The van der Waals surface area contributed by atoms with Gasteiger partial charge < -0.3 is 28.9 Å². The van der Waals surface area contributed by atoms with E-state index in [4.69, 9.17) is 0 Å². The van der Waals surface area contributed by atoms with Crippen LogP contribution in [0.5, 0.6) is 0 Å². The molecule has 0 spiro atoms. The molecule has 0 saturated carbocycles. The lowest BCUT2D eigenvalue weighted by Crippen LogP contribution is -3.00. The molecule has 0 atom stereocenters. The minimum atomic E-state index is 0. The summed E-state index contributed by atoms with van der Waals surface area (Å²) in [5.41, 5.74) is 4.99. The van der Waals surface area contributed by atoms with Crippen LogP contribution < -0.4 is 33.4 Å². The number of aryl methyl sites for hydroxylation is 2. The van der Waals surface area contributed by atoms with Gasteiger partial charge in [0, 0.05) is 31.4 Å². The average Bonchev–Trinajstić information content (AvgIpc) is 2.38. The lowest BCUT2D eigenvalue weighted by atomic mass is 10.1. The molecule has 0 radical (unpaired) electrons. The van der Waals surface area contributed by atoms with E-state index in [9.17, 15) is 0 Å². The number of anilines is 1.